The minimum absolute atomic E-state index is 0.0443. The number of carbonyl (C=O) groups excluding carboxylic acids is 2. The van der Waals surface area contributed by atoms with E-state index in [0.717, 1.165) is 34.3 Å². The molecule has 2 aromatic carbocycles. The van der Waals surface area contributed by atoms with Crippen LogP contribution in [0.5, 0.6) is 0 Å². The smallest absolute Gasteiger partial charge is 0.415 e. The molecule has 0 saturated carbocycles. The van der Waals surface area contributed by atoms with Crippen LogP contribution in [0.2, 0.25) is 0 Å². The van der Waals surface area contributed by atoms with Gasteiger partial charge in [0.15, 0.2) is 0 Å². The molecule has 6 rings (SSSR count). The van der Waals surface area contributed by atoms with E-state index in [2.05, 4.69) is 17.1 Å². The molecular weight excluding hydrogens is 438 g/mol. The zero-order chi connectivity index (χ0) is 24.2. The van der Waals surface area contributed by atoms with Gasteiger partial charge in [0.05, 0.1) is 17.2 Å². The third-order valence-corrected chi connectivity index (χ3v) is 7.31. The lowest BCUT2D eigenvalue weighted by atomic mass is 9.82. The molecule has 3 aromatic rings. The summed E-state index contributed by atoms with van der Waals surface area (Å²) >= 11 is 0. The average Bonchev–Trinajstić information content (AvgIpc) is 3.12. The number of hydrogen-bond donors (Lipinski definition) is 0. The number of hydrogen-bond acceptors (Lipinski definition) is 4. The Morgan fingerprint density at radius 2 is 1.91 bits per heavy atom. The topological polar surface area (TPSA) is 62.7 Å². The third-order valence-electron chi connectivity index (χ3n) is 7.31. The van der Waals surface area contributed by atoms with Gasteiger partial charge in [0.1, 0.15) is 5.60 Å². The summed E-state index contributed by atoms with van der Waals surface area (Å²) in [6.07, 6.45) is 11.3. The summed E-state index contributed by atoms with van der Waals surface area (Å²) in [7, 11) is 0. The van der Waals surface area contributed by atoms with Crippen LogP contribution in [0.4, 0.5) is 16.2 Å². The van der Waals surface area contributed by atoms with Crippen LogP contribution in [0, 0.1) is 5.92 Å². The van der Waals surface area contributed by atoms with Crippen molar-refractivity contribution in [1.29, 1.82) is 0 Å². The monoisotopic (exact) mass is 465 g/mol. The van der Waals surface area contributed by atoms with Gasteiger partial charge in [-0.15, -0.1) is 0 Å². The number of pyridine rings is 1. The molecule has 35 heavy (non-hydrogen) atoms. The van der Waals surface area contributed by atoms with Gasteiger partial charge in [0.2, 0.25) is 0 Å². The van der Waals surface area contributed by atoms with Crippen molar-refractivity contribution in [3.63, 3.8) is 0 Å². The zero-order valence-corrected chi connectivity index (χ0v) is 19.8. The fourth-order valence-corrected chi connectivity index (χ4v) is 5.73. The summed E-state index contributed by atoms with van der Waals surface area (Å²) in [6.45, 7) is 4.50. The lowest BCUT2D eigenvalue weighted by molar-refractivity contribution is 0.0602. The lowest BCUT2D eigenvalue weighted by Crippen LogP contribution is -2.47. The van der Waals surface area contributed by atoms with Crippen molar-refractivity contribution in [3.8, 4) is 0 Å². The van der Waals surface area contributed by atoms with Crippen LogP contribution >= 0.6 is 0 Å². The Labute approximate surface area is 204 Å². The van der Waals surface area contributed by atoms with Crippen LogP contribution in [0.25, 0.3) is 10.9 Å². The van der Waals surface area contributed by atoms with Crippen molar-refractivity contribution < 1.29 is 14.3 Å². The van der Waals surface area contributed by atoms with E-state index in [1.807, 2.05) is 79.4 Å². The number of aromatic nitrogens is 1. The lowest BCUT2D eigenvalue weighted by Gasteiger charge is -2.35. The number of allylic oxidation sites excluding steroid dienone is 3. The predicted octanol–water partition coefficient (Wildman–Crippen LogP) is 5.67. The highest BCUT2D eigenvalue weighted by atomic mass is 16.6. The van der Waals surface area contributed by atoms with E-state index in [9.17, 15) is 9.59 Å². The van der Waals surface area contributed by atoms with Crippen LogP contribution in [-0.2, 0) is 11.2 Å². The van der Waals surface area contributed by atoms with Gasteiger partial charge < -0.3 is 9.64 Å². The molecule has 1 fully saturated rings. The molecule has 0 N–H and O–H groups in total. The molecule has 1 saturated heterocycles. The first-order valence-corrected chi connectivity index (χ1v) is 12.1. The summed E-state index contributed by atoms with van der Waals surface area (Å²) in [6, 6.07) is 15.4. The van der Waals surface area contributed by atoms with Crippen LogP contribution in [0.1, 0.15) is 36.2 Å². The van der Waals surface area contributed by atoms with E-state index >= 15 is 0 Å². The van der Waals surface area contributed by atoms with E-state index in [1.165, 1.54) is 0 Å². The van der Waals surface area contributed by atoms with Gasteiger partial charge in [-0.05, 0) is 62.6 Å². The van der Waals surface area contributed by atoms with Gasteiger partial charge in [-0.1, -0.05) is 42.5 Å². The molecule has 6 heteroatoms. The maximum atomic E-state index is 13.5. The average molecular weight is 466 g/mol. The molecular formula is C29H27N3O3. The first-order valence-electron chi connectivity index (χ1n) is 12.1. The molecule has 2 unspecified atom stereocenters. The molecule has 3 heterocycles. The van der Waals surface area contributed by atoms with Crippen LogP contribution in [-0.4, -0.2) is 35.2 Å². The molecule has 176 valence electrons. The van der Waals surface area contributed by atoms with E-state index in [0.29, 0.717) is 18.5 Å². The molecule has 1 aliphatic carbocycles. The second-order valence-corrected chi connectivity index (χ2v) is 9.90. The Kier molecular flexibility index (Phi) is 4.99. The fraction of sp³-hybridized carbons (Fsp3) is 0.276. The Morgan fingerprint density at radius 3 is 2.74 bits per heavy atom. The minimum Gasteiger partial charge on any atom is -0.441 e. The largest absolute Gasteiger partial charge is 0.441 e. The molecule has 2 amide bonds. The van der Waals surface area contributed by atoms with Crippen molar-refractivity contribution in [2.24, 2.45) is 5.92 Å². The Morgan fingerprint density at radius 1 is 1.06 bits per heavy atom. The van der Waals surface area contributed by atoms with Gasteiger partial charge >= 0.3 is 6.09 Å². The van der Waals surface area contributed by atoms with E-state index < -0.39 is 5.60 Å². The SMILES string of the molecule is CC1(C)OC(=O)N(c2ccc3c(c2)CCN(c2cccc4cccnc24)C3=O)C1C1C=CC=CC1. The second kappa shape index (κ2) is 8.08. The van der Waals surface area contributed by atoms with E-state index in [-0.39, 0.29) is 24.0 Å². The fourth-order valence-electron chi connectivity index (χ4n) is 5.73. The van der Waals surface area contributed by atoms with Crippen molar-refractivity contribution >= 4 is 34.3 Å². The number of nitrogens with zero attached hydrogens (tertiary/aromatic N) is 3. The highest BCUT2D eigenvalue weighted by Crippen LogP contribution is 2.41. The number of ether oxygens (including phenoxy) is 1. The number of benzene rings is 2. The van der Waals surface area contributed by atoms with E-state index in [1.54, 1.807) is 11.1 Å². The zero-order valence-electron chi connectivity index (χ0n) is 19.8. The highest BCUT2D eigenvalue weighted by molar-refractivity contribution is 6.12. The Balaban J connectivity index is 1.35. The highest BCUT2D eigenvalue weighted by Gasteiger charge is 2.51. The molecule has 1 aromatic heterocycles. The molecule has 2 aliphatic heterocycles. The van der Waals surface area contributed by atoms with Crippen molar-refractivity contribution in [1.82, 2.24) is 4.98 Å². The van der Waals surface area contributed by atoms with E-state index in [4.69, 9.17) is 4.74 Å². The standard InChI is InChI=1S/C29H27N3O3/c1-29(2)26(20-8-4-3-5-9-20)32(28(34)35-29)22-13-14-23-21(18-22)15-17-31(27(23)33)24-12-6-10-19-11-7-16-30-25(19)24/h3-8,10-14,16,18,20,26H,9,15,17H2,1-2H3. The molecule has 3 aliphatic rings. The molecule has 0 bridgehead atoms. The van der Waals surface area contributed by atoms with Gasteiger partial charge in [0, 0.05) is 35.3 Å². The van der Waals surface area contributed by atoms with Gasteiger partial charge in [-0.2, -0.15) is 0 Å². The number of anilines is 2. The minimum atomic E-state index is -0.624. The van der Waals surface area contributed by atoms with Gasteiger partial charge in [-0.3, -0.25) is 14.7 Å². The van der Waals surface area contributed by atoms with Crippen LogP contribution < -0.4 is 9.80 Å². The normalized spacial score (nSPS) is 23.0. The van der Waals surface area contributed by atoms with Gasteiger partial charge in [0.25, 0.3) is 5.91 Å². The number of rotatable bonds is 3. The number of carbonyl (C=O) groups is 2. The molecule has 2 atom stereocenters. The maximum absolute atomic E-state index is 13.5. The van der Waals surface area contributed by atoms with Crippen LogP contribution in [0.3, 0.4) is 0 Å². The molecule has 6 nitrogen and oxygen atoms in total. The Hall–Kier alpha value is -3.93. The van der Waals surface area contributed by atoms with Crippen molar-refractivity contribution in [2.75, 3.05) is 16.3 Å². The summed E-state index contributed by atoms with van der Waals surface area (Å²) in [5, 5.41) is 1.01. The maximum Gasteiger partial charge on any atom is 0.415 e. The summed E-state index contributed by atoms with van der Waals surface area (Å²) < 4.78 is 5.81. The summed E-state index contributed by atoms with van der Waals surface area (Å²) in [5.74, 6) is 0.116. The predicted molar refractivity (Wildman–Crippen MR) is 137 cm³/mol. The number of fused-ring (bicyclic) bond motifs is 2. The molecule has 0 radical (unpaired) electrons. The third kappa shape index (κ3) is 3.52. The van der Waals surface area contributed by atoms with Crippen LogP contribution in [0.15, 0.2) is 79.0 Å². The first-order chi connectivity index (χ1) is 16.9. The number of cyclic esters (lactones) is 1. The van der Waals surface area contributed by atoms with Crippen molar-refractivity contribution in [3.05, 3.63) is 90.2 Å². The summed E-state index contributed by atoms with van der Waals surface area (Å²) in [5.41, 5.74) is 3.42. The second-order valence-electron chi connectivity index (χ2n) is 9.90. The first kappa shape index (κ1) is 21.6. The quantitative estimate of drug-likeness (QED) is 0.500. The number of para-hydroxylation sites is 1. The summed E-state index contributed by atoms with van der Waals surface area (Å²) in [4.78, 5) is 34.7. The molecule has 0 spiro atoms. The van der Waals surface area contributed by atoms with Gasteiger partial charge in [-0.25, -0.2) is 4.79 Å². The van der Waals surface area contributed by atoms with Crippen molar-refractivity contribution in [2.45, 2.75) is 38.3 Å². The number of amides is 2. The Bertz CT molecular complexity index is 1400.